The molecule has 2 aromatic rings. The summed E-state index contributed by atoms with van der Waals surface area (Å²) in [5, 5.41) is 6.14. The molecule has 0 saturated heterocycles. The molecule has 0 saturated carbocycles. The summed E-state index contributed by atoms with van der Waals surface area (Å²) in [6, 6.07) is 14.3. The minimum Gasteiger partial charge on any atom is -0.492 e. The van der Waals surface area contributed by atoms with Gasteiger partial charge in [0.1, 0.15) is 11.5 Å². The third-order valence-electron chi connectivity index (χ3n) is 3.14. The van der Waals surface area contributed by atoms with Crippen molar-refractivity contribution in [3.05, 3.63) is 53.6 Å². The van der Waals surface area contributed by atoms with E-state index >= 15 is 0 Å². The van der Waals surface area contributed by atoms with Crippen LogP contribution in [0, 0.1) is 0 Å². The number of hydrogen-bond donors (Lipinski definition) is 2. The Hall–Kier alpha value is -2.40. The molecule has 0 heterocycles. The van der Waals surface area contributed by atoms with E-state index in [1.54, 1.807) is 12.1 Å². The van der Waals surface area contributed by atoms with E-state index in [0.29, 0.717) is 48.4 Å². The van der Waals surface area contributed by atoms with E-state index in [1.165, 1.54) is 0 Å². The minimum atomic E-state index is -0.278. The lowest BCUT2D eigenvalue weighted by Gasteiger charge is -2.12. The van der Waals surface area contributed by atoms with Gasteiger partial charge in [-0.3, -0.25) is 0 Å². The summed E-state index contributed by atoms with van der Waals surface area (Å²) in [4.78, 5) is 11.9. The maximum Gasteiger partial charge on any atom is 0.319 e. The van der Waals surface area contributed by atoms with E-state index in [0.717, 1.165) is 0 Å². The highest BCUT2D eigenvalue weighted by Crippen LogP contribution is 2.24. The Morgan fingerprint density at radius 1 is 1.04 bits per heavy atom. The topological polar surface area (TPSA) is 59.6 Å². The number of halogens is 1. The molecule has 0 atom stereocenters. The van der Waals surface area contributed by atoms with Crippen molar-refractivity contribution in [3.63, 3.8) is 0 Å². The molecule has 2 amide bonds. The zero-order valence-electron chi connectivity index (χ0n) is 13.5. The predicted octanol–water partition coefficient (Wildman–Crippen LogP) is 4.33. The van der Waals surface area contributed by atoms with Crippen LogP contribution < -0.4 is 20.1 Å². The van der Waals surface area contributed by atoms with E-state index in [2.05, 4.69) is 10.6 Å². The van der Waals surface area contributed by atoms with Gasteiger partial charge in [-0.2, -0.15) is 0 Å². The van der Waals surface area contributed by atoms with Crippen LogP contribution in [0.25, 0.3) is 0 Å². The van der Waals surface area contributed by atoms with Gasteiger partial charge in [-0.1, -0.05) is 35.9 Å². The first-order chi connectivity index (χ1) is 11.7. The van der Waals surface area contributed by atoms with Crippen LogP contribution in [-0.2, 0) is 0 Å². The molecule has 6 heteroatoms. The highest BCUT2D eigenvalue weighted by molar-refractivity contribution is 6.32. The summed E-state index contributed by atoms with van der Waals surface area (Å²) in [5.74, 6) is 1.30. The maximum absolute atomic E-state index is 11.9. The molecule has 0 unspecified atom stereocenters. The Morgan fingerprint density at radius 3 is 2.50 bits per heavy atom. The first-order valence-corrected chi connectivity index (χ1v) is 8.22. The summed E-state index contributed by atoms with van der Waals surface area (Å²) in [6.45, 7) is 3.40. The number of amides is 2. The number of anilines is 1. The third kappa shape index (κ3) is 5.66. The fourth-order valence-electron chi connectivity index (χ4n) is 2.04. The SMILES string of the molecule is CCOc1ccccc1NC(=O)NCCCOc1ccccc1Cl. The summed E-state index contributed by atoms with van der Waals surface area (Å²) in [7, 11) is 0. The largest absolute Gasteiger partial charge is 0.492 e. The average molecular weight is 349 g/mol. The van der Waals surface area contributed by atoms with Gasteiger partial charge in [0.05, 0.1) is 23.9 Å². The van der Waals surface area contributed by atoms with Crippen LogP contribution >= 0.6 is 11.6 Å². The molecule has 0 bridgehead atoms. The van der Waals surface area contributed by atoms with Crippen LogP contribution in [0.2, 0.25) is 5.02 Å². The number of carbonyl (C=O) groups is 1. The molecule has 0 radical (unpaired) electrons. The number of para-hydroxylation sites is 3. The number of carbonyl (C=O) groups excluding carboxylic acids is 1. The van der Waals surface area contributed by atoms with Gasteiger partial charge in [0, 0.05) is 6.54 Å². The second-order valence-electron chi connectivity index (χ2n) is 4.94. The smallest absolute Gasteiger partial charge is 0.319 e. The number of benzene rings is 2. The summed E-state index contributed by atoms with van der Waals surface area (Å²) in [5.41, 5.74) is 0.643. The number of hydrogen-bond acceptors (Lipinski definition) is 3. The Bertz CT molecular complexity index is 664. The van der Waals surface area contributed by atoms with Crippen molar-refractivity contribution in [3.8, 4) is 11.5 Å². The van der Waals surface area contributed by atoms with Crippen molar-refractivity contribution in [1.29, 1.82) is 0 Å². The molecule has 2 aromatic carbocycles. The first kappa shape index (κ1) is 17.9. The van der Waals surface area contributed by atoms with E-state index < -0.39 is 0 Å². The lowest BCUT2D eigenvalue weighted by Crippen LogP contribution is -2.30. The highest BCUT2D eigenvalue weighted by Gasteiger charge is 2.06. The maximum atomic E-state index is 11.9. The van der Waals surface area contributed by atoms with Gasteiger partial charge < -0.3 is 20.1 Å². The van der Waals surface area contributed by atoms with Gasteiger partial charge in [0.15, 0.2) is 0 Å². The molecule has 128 valence electrons. The summed E-state index contributed by atoms with van der Waals surface area (Å²) >= 11 is 6.00. The van der Waals surface area contributed by atoms with Crippen LogP contribution in [0.5, 0.6) is 11.5 Å². The molecular weight excluding hydrogens is 328 g/mol. The van der Waals surface area contributed by atoms with Gasteiger partial charge in [-0.05, 0) is 37.6 Å². The van der Waals surface area contributed by atoms with Crippen LogP contribution in [0.15, 0.2) is 48.5 Å². The van der Waals surface area contributed by atoms with Crippen molar-refractivity contribution in [2.24, 2.45) is 0 Å². The van der Waals surface area contributed by atoms with E-state index in [1.807, 2.05) is 43.3 Å². The lowest BCUT2D eigenvalue weighted by atomic mass is 10.3. The zero-order chi connectivity index (χ0) is 17.2. The molecule has 0 aliphatic rings. The molecule has 2 N–H and O–H groups in total. The predicted molar refractivity (Wildman–Crippen MR) is 96.2 cm³/mol. The molecule has 0 aliphatic heterocycles. The normalized spacial score (nSPS) is 10.1. The lowest BCUT2D eigenvalue weighted by molar-refractivity contribution is 0.250. The van der Waals surface area contributed by atoms with Gasteiger partial charge in [0.2, 0.25) is 0 Å². The monoisotopic (exact) mass is 348 g/mol. The van der Waals surface area contributed by atoms with Gasteiger partial charge >= 0.3 is 6.03 Å². The van der Waals surface area contributed by atoms with Gasteiger partial charge in [-0.15, -0.1) is 0 Å². The summed E-state index contributed by atoms with van der Waals surface area (Å²) < 4.78 is 11.0. The van der Waals surface area contributed by atoms with Crippen molar-refractivity contribution in [1.82, 2.24) is 5.32 Å². The van der Waals surface area contributed by atoms with E-state index in [-0.39, 0.29) is 6.03 Å². The molecule has 0 fully saturated rings. The van der Waals surface area contributed by atoms with Crippen LogP contribution in [0.4, 0.5) is 10.5 Å². The Kier molecular flexibility index (Phi) is 7.23. The summed E-state index contributed by atoms with van der Waals surface area (Å²) in [6.07, 6.45) is 0.672. The first-order valence-electron chi connectivity index (χ1n) is 7.84. The third-order valence-corrected chi connectivity index (χ3v) is 3.45. The molecular formula is C18H21ClN2O3. The number of urea groups is 1. The molecule has 0 aromatic heterocycles. The second-order valence-corrected chi connectivity index (χ2v) is 5.35. The van der Waals surface area contributed by atoms with Crippen LogP contribution in [-0.4, -0.2) is 25.8 Å². The van der Waals surface area contributed by atoms with Gasteiger partial charge in [0.25, 0.3) is 0 Å². The fraction of sp³-hybridized carbons (Fsp3) is 0.278. The Labute approximate surface area is 146 Å². The standard InChI is InChI=1S/C18H21ClN2O3/c1-2-23-17-11-6-4-9-15(17)21-18(22)20-12-7-13-24-16-10-5-3-8-14(16)19/h3-6,8-11H,2,7,12-13H2,1H3,(H2,20,21,22). The highest BCUT2D eigenvalue weighted by atomic mass is 35.5. The Balaban J connectivity index is 1.69. The molecule has 5 nitrogen and oxygen atoms in total. The van der Waals surface area contributed by atoms with Crippen molar-refractivity contribution in [2.75, 3.05) is 25.1 Å². The number of nitrogens with one attached hydrogen (secondary N) is 2. The number of rotatable bonds is 8. The minimum absolute atomic E-state index is 0.278. The van der Waals surface area contributed by atoms with Crippen molar-refractivity contribution >= 4 is 23.3 Å². The molecule has 2 rings (SSSR count). The molecule has 0 aliphatic carbocycles. The van der Waals surface area contributed by atoms with Crippen LogP contribution in [0.1, 0.15) is 13.3 Å². The van der Waals surface area contributed by atoms with E-state index in [9.17, 15) is 4.79 Å². The number of ether oxygens (including phenoxy) is 2. The fourth-order valence-corrected chi connectivity index (χ4v) is 2.23. The van der Waals surface area contributed by atoms with E-state index in [4.69, 9.17) is 21.1 Å². The van der Waals surface area contributed by atoms with Gasteiger partial charge in [-0.25, -0.2) is 4.79 Å². The average Bonchev–Trinajstić information content (AvgIpc) is 2.58. The second kappa shape index (κ2) is 9.67. The van der Waals surface area contributed by atoms with Crippen LogP contribution in [0.3, 0.4) is 0 Å². The zero-order valence-corrected chi connectivity index (χ0v) is 14.3. The van der Waals surface area contributed by atoms with Crippen molar-refractivity contribution < 1.29 is 14.3 Å². The van der Waals surface area contributed by atoms with Crippen molar-refractivity contribution in [2.45, 2.75) is 13.3 Å². The Morgan fingerprint density at radius 2 is 1.75 bits per heavy atom. The molecule has 0 spiro atoms. The quantitative estimate of drug-likeness (QED) is 0.698. The molecule has 24 heavy (non-hydrogen) atoms.